The lowest BCUT2D eigenvalue weighted by atomic mass is 10.2. The second kappa shape index (κ2) is 9.15. The molecule has 7 heteroatoms. The topological polar surface area (TPSA) is 75.7 Å². The molecule has 2 aromatic rings. The monoisotopic (exact) mass is 418 g/mol. The fourth-order valence-corrected chi connectivity index (χ4v) is 2.63. The highest BCUT2D eigenvalue weighted by atomic mass is 79.9. The van der Waals surface area contributed by atoms with E-state index in [-0.39, 0.29) is 24.0 Å². The Labute approximate surface area is 160 Å². The summed E-state index contributed by atoms with van der Waals surface area (Å²) in [5.74, 6) is -1.17. The number of hydrogen-bond donors (Lipinski definition) is 1. The zero-order valence-corrected chi connectivity index (χ0v) is 16.1. The predicted octanol–water partition coefficient (Wildman–Crippen LogP) is 3.22. The first-order valence-electron chi connectivity index (χ1n) is 7.89. The largest absolute Gasteiger partial charge is 0.452 e. The van der Waals surface area contributed by atoms with Crippen LogP contribution in [0.25, 0.3) is 0 Å². The second-order valence-corrected chi connectivity index (χ2v) is 6.53. The number of rotatable bonds is 6. The van der Waals surface area contributed by atoms with Gasteiger partial charge in [0.1, 0.15) is 0 Å². The Balaban J connectivity index is 1.91. The average Bonchev–Trinajstić information content (AvgIpc) is 2.61. The number of benzene rings is 2. The van der Waals surface area contributed by atoms with Gasteiger partial charge in [0.15, 0.2) is 6.61 Å². The summed E-state index contributed by atoms with van der Waals surface area (Å²) < 4.78 is 5.99. The highest BCUT2D eigenvalue weighted by molar-refractivity contribution is 9.10. The van der Waals surface area contributed by atoms with Crippen LogP contribution in [0.2, 0.25) is 0 Å². The van der Waals surface area contributed by atoms with Crippen molar-refractivity contribution in [2.45, 2.75) is 13.5 Å². The summed E-state index contributed by atoms with van der Waals surface area (Å²) in [7, 11) is 1.65. The number of carbonyl (C=O) groups is 3. The van der Waals surface area contributed by atoms with Crippen LogP contribution in [0.1, 0.15) is 22.8 Å². The lowest BCUT2D eigenvalue weighted by Crippen LogP contribution is -2.31. The van der Waals surface area contributed by atoms with Crippen LogP contribution in [-0.2, 0) is 20.9 Å². The molecule has 0 fully saturated rings. The van der Waals surface area contributed by atoms with Gasteiger partial charge in [0.05, 0.1) is 5.56 Å². The molecule has 136 valence electrons. The summed E-state index contributed by atoms with van der Waals surface area (Å²) in [5.41, 5.74) is 1.71. The maximum Gasteiger partial charge on any atom is 0.338 e. The Morgan fingerprint density at radius 1 is 1.12 bits per heavy atom. The molecule has 0 atom stereocenters. The molecule has 6 nitrogen and oxygen atoms in total. The summed E-state index contributed by atoms with van der Waals surface area (Å²) in [5, 5.41) is 2.59. The molecule has 0 radical (unpaired) electrons. The van der Waals surface area contributed by atoms with Crippen molar-refractivity contribution < 1.29 is 19.1 Å². The number of halogens is 1. The molecule has 2 rings (SSSR count). The van der Waals surface area contributed by atoms with E-state index in [2.05, 4.69) is 21.2 Å². The molecule has 26 heavy (non-hydrogen) atoms. The lowest BCUT2D eigenvalue weighted by molar-refractivity contribution is -0.133. The number of esters is 1. The van der Waals surface area contributed by atoms with Crippen LogP contribution in [0.5, 0.6) is 0 Å². The van der Waals surface area contributed by atoms with Gasteiger partial charge in [-0.25, -0.2) is 4.79 Å². The first-order chi connectivity index (χ1) is 12.4. The quantitative estimate of drug-likeness (QED) is 0.730. The molecule has 0 bridgehead atoms. The van der Waals surface area contributed by atoms with Crippen molar-refractivity contribution in [1.29, 1.82) is 0 Å². The van der Waals surface area contributed by atoms with E-state index in [9.17, 15) is 14.4 Å². The van der Waals surface area contributed by atoms with Crippen LogP contribution in [0.15, 0.2) is 53.0 Å². The normalized spacial score (nSPS) is 10.1. The average molecular weight is 419 g/mol. The molecule has 0 heterocycles. The third-order valence-electron chi connectivity index (χ3n) is 3.54. The minimum absolute atomic E-state index is 0.237. The van der Waals surface area contributed by atoms with E-state index in [4.69, 9.17) is 4.74 Å². The zero-order chi connectivity index (χ0) is 19.1. The van der Waals surface area contributed by atoms with Gasteiger partial charge in [-0.3, -0.25) is 9.59 Å². The number of ether oxygens (including phenoxy) is 1. The Hall–Kier alpha value is -2.67. The van der Waals surface area contributed by atoms with Gasteiger partial charge in [0.2, 0.25) is 5.91 Å². The summed E-state index contributed by atoms with van der Waals surface area (Å²) in [6, 6.07) is 13.9. The van der Waals surface area contributed by atoms with Crippen LogP contribution in [0.3, 0.4) is 0 Å². The molecule has 0 aliphatic carbocycles. The molecule has 0 spiro atoms. The maximum absolute atomic E-state index is 12.2. The molecule has 2 aromatic carbocycles. The predicted molar refractivity (Wildman–Crippen MR) is 102 cm³/mol. The van der Waals surface area contributed by atoms with E-state index in [0.717, 1.165) is 10.0 Å². The van der Waals surface area contributed by atoms with E-state index in [1.165, 1.54) is 17.9 Å². The van der Waals surface area contributed by atoms with Gasteiger partial charge in [-0.05, 0) is 29.8 Å². The molecule has 0 aliphatic heterocycles. The minimum Gasteiger partial charge on any atom is -0.452 e. The highest BCUT2D eigenvalue weighted by Crippen LogP contribution is 2.17. The van der Waals surface area contributed by atoms with Crippen LogP contribution < -0.4 is 5.32 Å². The number of carbonyl (C=O) groups excluding carboxylic acids is 3. The van der Waals surface area contributed by atoms with Crippen LogP contribution in [-0.4, -0.2) is 36.3 Å². The van der Waals surface area contributed by atoms with E-state index in [1.807, 2.05) is 24.3 Å². The Morgan fingerprint density at radius 3 is 2.54 bits per heavy atom. The number of anilines is 1. The number of amides is 2. The number of nitrogens with zero attached hydrogens (tertiary/aromatic N) is 1. The molecular weight excluding hydrogens is 400 g/mol. The summed E-state index contributed by atoms with van der Waals surface area (Å²) in [6.45, 7) is 1.42. The van der Waals surface area contributed by atoms with Crippen LogP contribution in [0, 0.1) is 0 Å². The maximum atomic E-state index is 12.2. The third kappa shape index (κ3) is 5.70. The summed E-state index contributed by atoms with van der Waals surface area (Å²) in [4.78, 5) is 36.9. The fraction of sp³-hybridized carbons (Fsp3) is 0.211. The Kier molecular flexibility index (Phi) is 6.91. The third-order valence-corrected chi connectivity index (χ3v) is 4.31. The molecule has 0 aliphatic rings. The first-order valence-corrected chi connectivity index (χ1v) is 8.68. The molecular formula is C19H19BrN2O4. The standard InChI is InChI=1S/C19H19BrN2O4/c1-13(23)21-16-8-5-7-14(10-16)19(25)26-12-18(24)22(2)11-15-6-3-4-9-17(15)20/h3-10H,11-12H2,1-2H3,(H,21,23). The minimum atomic E-state index is -0.625. The fourth-order valence-electron chi connectivity index (χ4n) is 2.22. The Bertz CT molecular complexity index is 823. The molecule has 2 amide bonds. The molecule has 0 saturated carbocycles. The van der Waals surface area contributed by atoms with E-state index >= 15 is 0 Å². The Morgan fingerprint density at radius 2 is 1.85 bits per heavy atom. The van der Waals surface area contributed by atoms with Gasteiger partial charge >= 0.3 is 5.97 Å². The van der Waals surface area contributed by atoms with Crippen molar-refractivity contribution in [1.82, 2.24) is 4.90 Å². The smallest absolute Gasteiger partial charge is 0.338 e. The van der Waals surface area contributed by atoms with E-state index in [0.29, 0.717) is 12.2 Å². The van der Waals surface area contributed by atoms with Gasteiger partial charge in [-0.15, -0.1) is 0 Å². The first kappa shape index (κ1) is 19.7. The van der Waals surface area contributed by atoms with Crippen LogP contribution >= 0.6 is 15.9 Å². The molecule has 0 aromatic heterocycles. The molecule has 1 N–H and O–H groups in total. The summed E-state index contributed by atoms with van der Waals surface area (Å²) in [6.07, 6.45) is 0. The highest BCUT2D eigenvalue weighted by Gasteiger charge is 2.15. The second-order valence-electron chi connectivity index (χ2n) is 5.68. The van der Waals surface area contributed by atoms with Crippen molar-refractivity contribution in [3.63, 3.8) is 0 Å². The molecule has 0 saturated heterocycles. The number of likely N-dealkylation sites (N-methyl/N-ethyl adjacent to an activating group) is 1. The van der Waals surface area contributed by atoms with Crippen molar-refractivity contribution in [3.05, 3.63) is 64.1 Å². The SMILES string of the molecule is CC(=O)Nc1cccc(C(=O)OCC(=O)N(C)Cc2ccccc2Br)c1. The van der Waals surface area contributed by atoms with Crippen molar-refractivity contribution >= 4 is 39.4 Å². The van der Waals surface area contributed by atoms with Crippen LogP contribution in [0.4, 0.5) is 5.69 Å². The van der Waals surface area contributed by atoms with Crippen molar-refractivity contribution in [2.75, 3.05) is 19.0 Å². The lowest BCUT2D eigenvalue weighted by Gasteiger charge is -2.18. The van der Waals surface area contributed by atoms with Gasteiger partial charge in [-0.1, -0.05) is 40.2 Å². The van der Waals surface area contributed by atoms with E-state index < -0.39 is 5.97 Å². The summed E-state index contributed by atoms with van der Waals surface area (Å²) >= 11 is 3.44. The number of hydrogen-bond acceptors (Lipinski definition) is 4. The van der Waals surface area contributed by atoms with Crippen molar-refractivity contribution in [2.24, 2.45) is 0 Å². The van der Waals surface area contributed by atoms with Gasteiger partial charge in [0.25, 0.3) is 5.91 Å². The number of nitrogens with one attached hydrogen (secondary N) is 1. The molecule has 0 unspecified atom stereocenters. The van der Waals surface area contributed by atoms with Gasteiger partial charge in [0, 0.05) is 30.7 Å². The van der Waals surface area contributed by atoms with Gasteiger partial charge < -0.3 is 15.0 Å². The van der Waals surface area contributed by atoms with E-state index in [1.54, 1.807) is 25.2 Å². The van der Waals surface area contributed by atoms with Gasteiger partial charge in [-0.2, -0.15) is 0 Å². The van der Waals surface area contributed by atoms with Crippen molar-refractivity contribution in [3.8, 4) is 0 Å². The zero-order valence-electron chi connectivity index (χ0n) is 14.5.